The zero-order valence-corrected chi connectivity index (χ0v) is 14.5. The second kappa shape index (κ2) is 6.49. The molecule has 1 saturated carbocycles. The Morgan fingerprint density at radius 1 is 1.46 bits per heavy atom. The fourth-order valence-electron chi connectivity index (χ4n) is 3.33. The van der Waals surface area contributed by atoms with Crippen LogP contribution in [-0.2, 0) is 6.54 Å². The lowest BCUT2D eigenvalue weighted by Gasteiger charge is -2.36. The Balaban J connectivity index is 1.72. The lowest BCUT2D eigenvalue weighted by Crippen LogP contribution is -2.52. The molecule has 5 nitrogen and oxygen atoms in total. The molecule has 0 saturated heterocycles. The minimum Gasteiger partial charge on any atom is -0.497 e. The van der Waals surface area contributed by atoms with Gasteiger partial charge in [0.25, 0.3) is 0 Å². The number of carbonyl (C=O) groups excluding carboxylic acids is 1. The molecule has 3 rings (SSSR count). The number of nitrogens with zero attached hydrogens (tertiary/aromatic N) is 1. The van der Waals surface area contributed by atoms with Crippen molar-refractivity contribution in [2.45, 2.75) is 44.9 Å². The Bertz CT molecular complexity index is 614. The van der Waals surface area contributed by atoms with Crippen LogP contribution in [0.1, 0.15) is 32.3 Å². The van der Waals surface area contributed by atoms with E-state index in [2.05, 4.69) is 5.32 Å². The Hall–Kier alpha value is -1.98. The first-order chi connectivity index (χ1) is 11.4. The van der Waals surface area contributed by atoms with Gasteiger partial charge in [-0.1, -0.05) is 0 Å². The standard InChI is InChI=1S/C18H25FN2O3/c1-18(2)11-21(17(22)20-14-6-12(7-14)9-19)10-13-4-5-15(23-3)8-16(13)24-18/h4-5,8,12,14H,6-7,9-11H2,1-3H3,(H,20,22). The van der Waals surface area contributed by atoms with Gasteiger partial charge in [-0.15, -0.1) is 0 Å². The molecule has 0 bridgehead atoms. The zero-order chi connectivity index (χ0) is 17.3. The van der Waals surface area contributed by atoms with Crippen molar-refractivity contribution >= 4 is 6.03 Å². The summed E-state index contributed by atoms with van der Waals surface area (Å²) in [6.07, 6.45) is 1.45. The molecule has 2 amide bonds. The van der Waals surface area contributed by atoms with Crippen LogP contribution in [-0.4, -0.2) is 42.9 Å². The molecular formula is C18H25FN2O3. The number of carbonyl (C=O) groups is 1. The van der Waals surface area contributed by atoms with E-state index in [1.54, 1.807) is 12.0 Å². The van der Waals surface area contributed by atoms with Gasteiger partial charge in [0.15, 0.2) is 0 Å². The number of fused-ring (bicyclic) bond motifs is 1. The van der Waals surface area contributed by atoms with E-state index in [9.17, 15) is 9.18 Å². The van der Waals surface area contributed by atoms with Gasteiger partial charge in [0, 0.05) is 17.7 Å². The second-order valence-electron chi connectivity index (χ2n) is 7.33. The Kier molecular flexibility index (Phi) is 4.56. The van der Waals surface area contributed by atoms with Gasteiger partial charge in [-0.25, -0.2) is 4.79 Å². The number of hydrogen-bond donors (Lipinski definition) is 1. The van der Waals surface area contributed by atoms with Crippen LogP contribution in [0.25, 0.3) is 0 Å². The van der Waals surface area contributed by atoms with E-state index >= 15 is 0 Å². The lowest BCUT2D eigenvalue weighted by atomic mass is 9.81. The largest absolute Gasteiger partial charge is 0.497 e. The van der Waals surface area contributed by atoms with E-state index in [-0.39, 0.29) is 24.7 Å². The summed E-state index contributed by atoms with van der Waals surface area (Å²) in [5.41, 5.74) is 0.447. The summed E-state index contributed by atoms with van der Waals surface area (Å²) in [5, 5.41) is 3.01. The van der Waals surface area contributed by atoms with Crippen molar-refractivity contribution in [3.8, 4) is 11.5 Å². The van der Waals surface area contributed by atoms with Crippen LogP contribution in [0.2, 0.25) is 0 Å². The molecule has 6 heteroatoms. The van der Waals surface area contributed by atoms with Gasteiger partial charge in [-0.3, -0.25) is 4.39 Å². The average molecular weight is 336 g/mol. The molecule has 1 aromatic rings. The first-order valence-electron chi connectivity index (χ1n) is 8.37. The summed E-state index contributed by atoms with van der Waals surface area (Å²) in [6, 6.07) is 5.63. The maximum Gasteiger partial charge on any atom is 0.318 e. The van der Waals surface area contributed by atoms with E-state index < -0.39 is 5.60 Å². The number of alkyl halides is 1. The highest BCUT2D eigenvalue weighted by Crippen LogP contribution is 2.33. The minimum absolute atomic E-state index is 0.0841. The SMILES string of the molecule is COc1ccc2c(c1)OC(C)(C)CN(C(=O)NC1CC(CF)C1)C2. The highest BCUT2D eigenvalue weighted by molar-refractivity contribution is 5.75. The fraction of sp³-hybridized carbons (Fsp3) is 0.611. The maximum atomic E-state index is 12.6. The second-order valence-corrected chi connectivity index (χ2v) is 7.33. The van der Waals surface area contributed by atoms with Gasteiger partial charge >= 0.3 is 6.03 Å². The third kappa shape index (κ3) is 3.57. The number of rotatable bonds is 3. The van der Waals surface area contributed by atoms with Gasteiger partial charge in [0.2, 0.25) is 0 Å². The molecule has 0 unspecified atom stereocenters. The number of methoxy groups -OCH3 is 1. The summed E-state index contributed by atoms with van der Waals surface area (Å²) >= 11 is 0. The van der Waals surface area contributed by atoms with E-state index in [0.717, 1.165) is 29.9 Å². The number of urea groups is 1. The lowest BCUT2D eigenvalue weighted by molar-refractivity contribution is 0.0774. The van der Waals surface area contributed by atoms with Crippen LogP contribution in [0.5, 0.6) is 11.5 Å². The van der Waals surface area contributed by atoms with E-state index in [1.165, 1.54) is 0 Å². The zero-order valence-electron chi connectivity index (χ0n) is 14.5. The Morgan fingerprint density at radius 2 is 2.21 bits per heavy atom. The highest BCUT2D eigenvalue weighted by atomic mass is 19.1. The molecule has 1 aliphatic heterocycles. The van der Waals surface area contributed by atoms with Crippen LogP contribution in [0.3, 0.4) is 0 Å². The van der Waals surface area contributed by atoms with Gasteiger partial charge in [0.05, 0.1) is 26.9 Å². The minimum atomic E-state index is -0.504. The molecule has 24 heavy (non-hydrogen) atoms. The quantitative estimate of drug-likeness (QED) is 0.923. The van der Waals surface area contributed by atoms with Gasteiger partial charge in [-0.2, -0.15) is 0 Å². The number of benzene rings is 1. The van der Waals surface area contributed by atoms with E-state index in [1.807, 2.05) is 32.0 Å². The molecule has 2 aliphatic rings. The van der Waals surface area contributed by atoms with Crippen LogP contribution >= 0.6 is 0 Å². The predicted octanol–water partition coefficient (Wildman–Crippen LogP) is 3.13. The van der Waals surface area contributed by atoms with Crippen molar-refractivity contribution in [3.63, 3.8) is 0 Å². The summed E-state index contributed by atoms with van der Waals surface area (Å²) in [4.78, 5) is 14.4. The molecule has 132 valence electrons. The Labute approximate surface area is 142 Å². The first kappa shape index (κ1) is 16.9. The first-order valence-corrected chi connectivity index (χ1v) is 8.37. The molecule has 1 heterocycles. The van der Waals surface area contributed by atoms with Gasteiger partial charge in [0.1, 0.15) is 17.1 Å². The number of amides is 2. The van der Waals surface area contributed by atoms with Crippen molar-refractivity contribution in [2.75, 3.05) is 20.3 Å². The third-order valence-electron chi connectivity index (χ3n) is 4.66. The van der Waals surface area contributed by atoms with Crippen molar-refractivity contribution in [3.05, 3.63) is 23.8 Å². The number of nitrogens with one attached hydrogen (secondary N) is 1. The molecule has 1 fully saturated rings. The summed E-state index contributed by atoms with van der Waals surface area (Å²) < 4.78 is 23.9. The average Bonchev–Trinajstić information content (AvgIpc) is 2.63. The maximum absolute atomic E-state index is 12.6. The highest BCUT2D eigenvalue weighted by Gasteiger charge is 2.35. The molecule has 1 N–H and O–H groups in total. The van der Waals surface area contributed by atoms with E-state index in [4.69, 9.17) is 9.47 Å². The van der Waals surface area contributed by atoms with Crippen molar-refractivity contribution in [1.82, 2.24) is 10.2 Å². The molecule has 0 radical (unpaired) electrons. The summed E-state index contributed by atoms with van der Waals surface area (Å²) in [5.74, 6) is 1.58. The van der Waals surface area contributed by atoms with Crippen LogP contribution in [0.4, 0.5) is 9.18 Å². The van der Waals surface area contributed by atoms with Crippen LogP contribution in [0, 0.1) is 5.92 Å². The molecule has 1 aromatic carbocycles. The number of hydrogen-bond acceptors (Lipinski definition) is 3. The monoisotopic (exact) mass is 336 g/mol. The molecule has 0 aromatic heterocycles. The van der Waals surface area contributed by atoms with Gasteiger partial charge < -0.3 is 19.7 Å². The summed E-state index contributed by atoms with van der Waals surface area (Å²) in [6.45, 7) is 4.59. The Morgan fingerprint density at radius 3 is 2.88 bits per heavy atom. The van der Waals surface area contributed by atoms with Crippen LogP contribution < -0.4 is 14.8 Å². The topological polar surface area (TPSA) is 50.8 Å². The fourth-order valence-corrected chi connectivity index (χ4v) is 3.33. The number of halogens is 1. The van der Waals surface area contributed by atoms with Crippen molar-refractivity contribution in [1.29, 1.82) is 0 Å². The summed E-state index contributed by atoms with van der Waals surface area (Å²) in [7, 11) is 1.62. The van der Waals surface area contributed by atoms with Crippen LogP contribution in [0.15, 0.2) is 18.2 Å². The van der Waals surface area contributed by atoms with Gasteiger partial charge in [-0.05, 0) is 44.7 Å². The third-order valence-corrected chi connectivity index (χ3v) is 4.66. The van der Waals surface area contributed by atoms with Crippen molar-refractivity contribution in [2.24, 2.45) is 5.92 Å². The number of ether oxygens (including phenoxy) is 2. The smallest absolute Gasteiger partial charge is 0.318 e. The van der Waals surface area contributed by atoms with Crippen molar-refractivity contribution < 1.29 is 18.7 Å². The molecular weight excluding hydrogens is 311 g/mol. The predicted molar refractivity (Wildman–Crippen MR) is 89.1 cm³/mol. The molecule has 0 spiro atoms. The molecule has 1 aliphatic carbocycles. The normalized spacial score (nSPS) is 24.9. The molecule has 0 atom stereocenters. The van der Waals surface area contributed by atoms with E-state index in [0.29, 0.717) is 13.1 Å².